The Labute approximate surface area is 141 Å². The molecule has 0 bridgehead atoms. The zero-order valence-corrected chi connectivity index (χ0v) is 14.2. The minimum Gasteiger partial charge on any atom is -0.493 e. The third-order valence-electron chi connectivity index (χ3n) is 3.54. The number of benzene rings is 1. The van der Waals surface area contributed by atoms with Crippen LogP contribution in [0.2, 0.25) is 0 Å². The van der Waals surface area contributed by atoms with Gasteiger partial charge in [-0.05, 0) is 31.2 Å². The molecule has 2 rings (SSSR count). The Morgan fingerprint density at radius 2 is 2.08 bits per heavy atom. The third kappa shape index (κ3) is 5.13. The number of hydrogen-bond acceptors (Lipinski definition) is 6. The van der Waals surface area contributed by atoms with E-state index in [1.165, 1.54) is 6.92 Å². The molecule has 2 atom stereocenters. The molecule has 1 aromatic rings. The van der Waals surface area contributed by atoms with E-state index in [2.05, 4.69) is 0 Å². The van der Waals surface area contributed by atoms with Crippen LogP contribution in [0.3, 0.4) is 0 Å². The molecule has 1 fully saturated rings. The van der Waals surface area contributed by atoms with E-state index in [1.807, 2.05) is 6.92 Å². The minimum absolute atomic E-state index is 0.182. The third-order valence-corrected chi connectivity index (χ3v) is 3.54. The molecule has 1 aliphatic rings. The summed E-state index contributed by atoms with van der Waals surface area (Å²) in [4.78, 5) is 24.2. The second kappa shape index (κ2) is 8.54. The Bertz CT molecular complexity index is 559. The fraction of sp³-hybridized carbons (Fsp3) is 0.529. The summed E-state index contributed by atoms with van der Waals surface area (Å²) in [7, 11) is 1.57. The standard InChI is InChI=1S/C17H23NO6/c1-12(23-13(2)19)8-9-22-15-6-4-14(5-7-15)18-10-16(11-21-3)24-17(18)20/h4-7,12,16H,8-11H2,1-3H3/t12-,16+/m0/s1. The van der Waals surface area contributed by atoms with Crippen molar-refractivity contribution in [2.45, 2.75) is 32.5 Å². The van der Waals surface area contributed by atoms with Crippen molar-refractivity contribution in [3.8, 4) is 5.75 Å². The van der Waals surface area contributed by atoms with Gasteiger partial charge < -0.3 is 18.9 Å². The summed E-state index contributed by atoms with van der Waals surface area (Å²) in [6.45, 7) is 4.49. The SMILES string of the molecule is COC[C@H]1CN(c2ccc(OCC[C@H](C)OC(C)=O)cc2)C(=O)O1. The predicted molar refractivity (Wildman–Crippen MR) is 87.3 cm³/mol. The normalized spacial score (nSPS) is 18.2. The molecular formula is C17H23NO6. The maximum Gasteiger partial charge on any atom is 0.414 e. The summed E-state index contributed by atoms with van der Waals surface area (Å²) in [6, 6.07) is 7.20. The van der Waals surface area contributed by atoms with Gasteiger partial charge in [0.2, 0.25) is 0 Å². The van der Waals surface area contributed by atoms with Gasteiger partial charge in [-0.25, -0.2) is 4.79 Å². The smallest absolute Gasteiger partial charge is 0.414 e. The van der Waals surface area contributed by atoms with E-state index in [9.17, 15) is 9.59 Å². The molecule has 0 aliphatic carbocycles. The Morgan fingerprint density at radius 3 is 2.71 bits per heavy atom. The molecule has 1 aliphatic heterocycles. The molecule has 132 valence electrons. The number of rotatable bonds is 8. The first-order valence-electron chi connectivity index (χ1n) is 7.86. The van der Waals surface area contributed by atoms with Crippen LogP contribution in [0.1, 0.15) is 20.3 Å². The molecule has 0 N–H and O–H groups in total. The lowest BCUT2D eigenvalue weighted by atomic mass is 10.2. The van der Waals surface area contributed by atoms with E-state index in [0.717, 1.165) is 5.69 Å². The molecule has 0 spiro atoms. The molecule has 7 nitrogen and oxygen atoms in total. The van der Waals surface area contributed by atoms with Crippen molar-refractivity contribution in [3.63, 3.8) is 0 Å². The van der Waals surface area contributed by atoms with Gasteiger partial charge in [0, 0.05) is 26.1 Å². The first-order chi connectivity index (χ1) is 11.5. The van der Waals surface area contributed by atoms with E-state index < -0.39 is 0 Å². The zero-order valence-electron chi connectivity index (χ0n) is 14.2. The maximum atomic E-state index is 11.9. The second-order valence-corrected chi connectivity index (χ2v) is 5.62. The lowest BCUT2D eigenvalue weighted by Crippen LogP contribution is -2.25. The number of ether oxygens (including phenoxy) is 4. The van der Waals surface area contributed by atoms with Crippen LogP contribution in [0.5, 0.6) is 5.75 Å². The second-order valence-electron chi connectivity index (χ2n) is 5.62. The van der Waals surface area contributed by atoms with E-state index in [1.54, 1.807) is 36.3 Å². The number of esters is 1. The van der Waals surface area contributed by atoms with Crippen molar-refractivity contribution >= 4 is 17.7 Å². The van der Waals surface area contributed by atoms with Crippen molar-refractivity contribution in [3.05, 3.63) is 24.3 Å². The van der Waals surface area contributed by atoms with Gasteiger partial charge in [0.25, 0.3) is 0 Å². The van der Waals surface area contributed by atoms with Gasteiger partial charge in [0.15, 0.2) is 0 Å². The van der Waals surface area contributed by atoms with Crippen molar-refractivity contribution in [1.29, 1.82) is 0 Å². The van der Waals surface area contributed by atoms with Gasteiger partial charge in [0.05, 0.1) is 19.8 Å². The van der Waals surface area contributed by atoms with Crippen LogP contribution in [0.25, 0.3) is 0 Å². The molecule has 1 aromatic carbocycles. The number of cyclic esters (lactones) is 1. The molecule has 0 saturated carbocycles. The maximum absolute atomic E-state index is 11.9. The molecule has 0 unspecified atom stereocenters. The highest BCUT2D eigenvalue weighted by atomic mass is 16.6. The van der Waals surface area contributed by atoms with Crippen LogP contribution in [0.15, 0.2) is 24.3 Å². The average Bonchev–Trinajstić information content (AvgIpc) is 2.88. The van der Waals surface area contributed by atoms with Crippen molar-refractivity contribution in [1.82, 2.24) is 0 Å². The lowest BCUT2D eigenvalue weighted by Gasteiger charge is -2.15. The number of anilines is 1. The molecule has 0 aromatic heterocycles. The highest BCUT2D eigenvalue weighted by molar-refractivity contribution is 5.89. The largest absolute Gasteiger partial charge is 0.493 e. The van der Waals surface area contributed by atoms with Crippen LogP contribution in [-0.4, -0.2) is 51.1 Å². The molecule has 7 heteroatoms. The highest BCUT2D eigenvalue weighted by Crippen LogP contribution is 2.24. The first kappa shape index (κ1) is 18.1. The van der Waals surface area contributed by atoms with Gasteiger partial charge in [-0.2, -0.15) is 0 Å². The van der Waals surface area contributed by atoms with Gasteiger partial charge in [-0.1, -0.05) is 0 Å². The fourth-order valence-electron chi connectivity index (χ4n) is 2.41. The van der Waals surface area contributed by atoms with Gasteiger partial charge in [-0.3, -0.25) is 9.69 Å². The Morgan fingerprint density at radius 1 is 1.38 bits per heavy atom. The van der Waals surface area contributed by atoms with Crippen LogP contribution >= 0.6 is 0 Å². The van der Waals surface area contributed by atoms with E-state index in [-0.39, 0.29) is 24.3 Å². The summed E-state index contributed by atoms with van der Waals surface area (Å²) in [5.74, 6) is 0.394. The summed E-state index contributed by atoms with van der Waals surface area (Å²) >= 11 is 0. The van der Waals surface area contributed by atoms with Crippen LogP contribution in [0.4, 0.5) is 10.5 Å². The first-order valence-corrected chi connectivity index (χ1v) is 7.86. The van der Waals surface area contributed by atoms with Crippen molar-refractivity contribution in [2.75, 3.05) is 31.8 Å². The quantitative estimate of drug-likeness (QED) is 0.678. The van der Waals surface area contributed by atoms with E-state index in [0.29, 0.717) is 31.9 Å². The van der Waals surface area contributed by atoms with E-state index >= 15 is 0 Å². The summed E-state index contributed by atoms with van der Waals surface area (Å²) in [5.41, 5.74) is 0.749. The molecule has 1 amide bonds. The number of carbonyl (C=O) groups excluding carboxylic acids is 2. The highest BCUT2D eigenvalue weighted by Gasteiger charge is 2.32. The van der Waals surface area contributed by atoms with Crippen LogP contribution in [0, 0.1) is 0 Å². The number of carbonyl (C=O) groups is 2. The van der Waals surface area contributed by atoms with Gasteiger partial charge >= 0.3 is 12.1 Å². The minimum atomic E-state index is -0.374. The molecule has 24 heavy (non-hydrogen) atoms. The lowest BCUT2D eigenvalue weighted by molar-refractivity contribution is -0.145. The Balaban J connectivity index is 1.82. The summed E-state index contributed by atoms with van der Waals surface area (Å²) in [5, 5.41) is 0. The average molecular weight is 337 g/mol. The van der Waals surface area contributed by atoms with Gasteiger partial charge in [-0.15, -0.1) is 0 Å². The number of nitrogens with zero attached hydrogens (tertiary/aromatic N) is 1. The predicted octanol–water partition coefficient (Wildman–Crippen LogP) is 2.38. The molecular weight excluding hydrogens is 314 g/mol. The monoisotopic (exact) mass is 337 g/mol. The van der Waals surface area contributed by atoms with Gasteiger partial charge in [0.1, 0.15) is 18.0 Å². The summed E-state index contributed by atoms with van der Waals surface area (Å²) in [6.07, 6.45) is -0.195. The fourth-order valence-corrected chi connectivity index (χ4v) is 2.41. The topological polar surface area (TPSA) is 74.3 Å². The molecule has 0 radical (unpaired) electrons. The van der Waals surface area contributed by atoms with Crippen LogP contribution < -0.4 is 9.64 Å². The number of amides is 1. The van der Waals surface area contributed by atoms with Crippen LogP contribution in [-0.2, 0) is 19.0 Å². The summed E-state index contributed by atoms with van der Waals surface area (Å²) < 4.78 is 20.9. The zero-order chi connectivity index (χ0) is 17.5. The van der Waals surface area contributed by atoms with Crippen molar-refractivity contribution < 1.29 is 28.5 Å². The van der Waals surface area contributed by atoms with E-state index in [4.69, 9.17) is 18.9 Å². The molecule has 1 heterocycles. The number of hydrogen-bond donors (Lipinski definition) is 0. The molecule has 1 saturated heterocycles. The Kier molecular flexibility index (Phi) is 6.43. The van der Waals surface area contributed by atoms with Crippen molar-refractivity contribution in [2.24, 2.45) is 0 Å². The number of methoxy groups -OCH3 is 1. The Hall–Kier alpha value is -2.28.